The van der Waals surface area contributed by atoms with Crippen LogP contribution in [0.3, 0.4) is 0 Å². The van der Waals surface area contributed by atoms with Gasteiger partial charge in [0, 0.05) is 24.3 Å². The van der Waals surface area contributed by atoms with E-state index in [9.17, 15) is 9.59 Å². The number of carbonyl (C=O) groups is 1. The highest BCUT2D eigenvalue weighted by molar-refractivity contribution is 5.95. The number of aryl methyl sites for hydroxylation is 2. The maximum atomic E-state index is 13.5. The normalized spacial score (nSPS) is 15.6. The Morgan fingerprint density at radius 1 is 1.12 bits per heavy atom. The average Bonchev–Trinajstić information content (AvgIpc) is 3.32. The standard InChI is InChI=1S/C26H30N2O5/c1-16-10-17(2)24-19(11-16)12-20(25(29)27-24)14-28(15-21-6-5-9-33-21)26(30)18-7-8-22(31-3)23(13-18)32-4/h7-8,10-13,21H,5-6,9,14-15H2,1-4H3,(H,27,29)/t21-/m1/s1. The first-order chi connectivity index (χ1) is 15.9. The number of amides is 1. The van der Waals surface area contributed by atoms with Crippen molar-refractivity contribution < 1.29 is 19.0 Å². The summed E-state index contributed by atoms with van der Waals surface area (Å²) in [5, 5.41) is 0.956. The van der Waals surface area contributed by atoms with Crippen molar-refractivity contribution in [3.8, 4) is 11.5 Å². The Labute approximate surface area is 193 Å². The van der Waals surface area contributed by atoms with E-state index in [1.165, 1.54) is 7.11 Å². The predicted molar refractivity (Wildman–Crippen MR) is 127 cm³/mol. The lowest BCUT2D eigenvalue weighted by molar-refractivity contribution is 0.0506. The summed E-state index contributed by atoms with van der Waals surface area (Å²) in [7, 11) is 3.09. The minimum Gasteiger partial charge on any atom is -0.493 e. The number of ether oxygens (including phenoxy) is 3. The first-order valence-corrected chi connectivity index (χ1v) is 11.2. The highest BCUT2D eigenvalue weighted by Crippen LogP contribution is 2.29. The first kappa shape index (κ1) is 22.9. The van der Waals surface area contributed by atoms with Crippen LogP contribution in [-0.4, -0.2) is 49.3 Å². The van der Waals surface area contributed by atoms with Gasteiger partial charge in [-0.25, -0.2) is 0 Å². The smallest absolute Gasteiger partial charge is 0.254 e. The third-order valence-electron chi connectivity index (χ3n) is 6.10. The molecule has 7 heteroatoms. The topological polar surface area (TPSA) is 80.9 Å². The average molecular weight is 451 g/mol. The molecule has 0 aliphatic carbocycles. The summed E-state index contributed by atoms with van der Waals surface area (Å²) in [5.41, 5.74) is 3.79. The Balaban J connectivity index is 1.70. The number of aromatic nitrogens is 1. The molecule has 2 heterocycles. The van der Waals surface area contributed by atoms with Gasteiger partial charge in [0.1, 0.15) is 0 Å². The van der Waals surface area contributed by atoms with Crippen LogP contribution in [0, 0.1) is 13.8 Å². The van der Waals surface area contributed by atoms with E-state index in [4.69, 9.17) is 14.2 Å². The van der Waals surface area contributed by atoms with E-state index < -0.39 is 0 Å². The van der Waals surface area contributed by atoms with Crippen molar-refractivity contribution in [3.05, 3.63) is 69.0 Å². The quantitative estimate of drug-likeness (QED) is 0.589. The highest BCUT2D eigenvalue weighted by atomic mass is 16.5. The van der Waals surface area contributed by atoms with Crippen molar-refractivity contribution in [3.63, 3.8) is 0 Å². The van der Waals surface area contributed by atoms with E-state index in [-0.39, 0.29) is 24.1 Å². The van der Waals surface area contributed by atoms with Crippen LogP contribution in [0.15, 0.2) is 41.2 Å². The minimum absolute atomic E-state index is 0.0434. The molecule has 2 aromatic carbocycles. The summed E-state index contributed by atoms with van der Waals surface area (Å²) >= 11 is 0. The Kier molecular flexibility index (Phi) is 6.70. The van der Waals surface area contributed by atoms with Crippen LogP contribution in [0.25, 0.3) is 10.9 Å². The molecule has 0 radical (unpaired) electrons. The van der Waals surface area contributed by atoms with Gasteiger partial charge in [-0.2, -0.15) is 0 Å². The third kappa shape index (κ3) is 4.88. The van der Waals surface area contributed by atoms with Crippen LogP contribution in [0.1, 0.15) is 39.9 Å². The molecule has 1 aromatic heterocycles. The molecule has 1 N–H and O–H groups in total. The second-order valence-corrected chi connectivity index (χ2v) is 8.56. The van der Waals surface area contributed by atoms with Gasteiger partial charge in [-0.15, -0.1) is 0 Å². The van der Waals surface area contributed by atoms with Gasteiger partial charge in [-0.05, 0) is 68.0 Å². The summed E-state index contributed by atoms with van der Waals surface area (Å²) in [6.07, 6.45) is 1.82. The molecule has 1 atom stereocenters. The summed E-state index contributed by atoms with van der Waals surface area (Å²) < 4.78 is 16.5. The zero-order valence-electron chi connectivity index (χ0n) is 19.6. The molecule has 1 fully saturated rings. The summed E-state index contributed by atoms with van der Waals surface area (Å²) in [4.78, 5) is 31.2. The van der Waals surface area contributed by atoms with Crippen molar-refractivity contribution >= 4 is 16.8 Å². The van der Waals surface area contributed by atoms with Gasteiger partial charge in [0.05, 0.1) is 32.4 Å². The van der Waals surface area contributed by atoms with Gasteiger partial charge in [0.25, 0.3) is 11.5 Å². The first-order valence-electron chi connectivity index (χ1n) is 11.2. The van der Waals surface area contributed by atoms with Gasteiger partial charge in [-0.1, -0.05) is 11.6 Å². The number of aromatic amines is 1. The van der Waals surface area contributed by atoms with Crippen molar-refractivity contribution in [1.82, 2.24) is 9.88 Å². The molecule has 3 aromatic rings. The summed E-state index contributed by atoms with van der Waals surface area (Å²) in [5.74, 6) is 0.845. The van der Waals surface area contributed by atoms with E-state index in [0.29, 0.717) is 35.8 Å². The monoisotopic (exact) mass is 450 g/mol. The van der Waals surface area contributed by atoms with Crippen molar-refractivity contribution in [2.24, 2.45) is 0 Å². The molecular weight excluding hydrogens is 420 g/mol. The number of nitrogens with one attached hydrogen (secondary N) is 1. The van der Waals surface area contributed by atoms with Gasteiger partial charge in [0.2, 0.25) is 0 Å². The van der Waals surface area contributed by atoms with Gasteiger partial charge < -0.3 is 24.1 Å². The molecule has 1 amide bonds. The number of methoxy groups -OCH3 is 2. The fourth-order valence-corrected chi connectivity index (χ4v) is 4.46. The Morgan fingerprint density at radius 3 is 2.61 bits per heavy atom. The second kappa shape index (κ2) is 9.67. The molecule has 0 spiro atoms. The van der Waals surface area contributed by atoms with E-state index in [0.717, 1.165) is 34.9 Å². The minimum atomic E-state index is -0.189. The second-order valence-electron chi connectivity index (χ2n) is 8.56. The van der Waals surface area contributed by atoms with E-state index in [1.54, 1.807) is 30.2 Å². The Morgan fingerprint density at radius 2 is 1.91 bits per heavy atom. The zero-order valence-corrected chi connectivity index (χ0v) is 19.6. The van der Waals surface area contributed by atoms with Crippen LogP contribution < -0.4 is 15.0 Å². The lowest BCUT2D eigenvalue weighted by Crippen LogP contribution is -2.38. The fourth-order valence-electron chi connectivity index (χ4n) is 4.46. The summed E-state index contributed by atoms with van der Waals surface area (Å²) in [6, 6.07) is 11.1. The molecule has 1 aliphatic heterocycles. The number of fused-ring (bicyclic) bond motifs is 1. The van der Waals surface area contributed by atoms with Gasteiger partial charge in [-0.3, -0.25) is 9.59 Å². The fraction of sp³-hybridized carbons (Fsp3) is 0.385. The molecule has 33 heavy (non-hydrogen) atoms. The number of carbonyl (C=O) groups excluding carboxylic acids is 1. The van der Waals surface area contributed by atoms with Gasteiger partial charge in [0.15, 0.2) is 11.5 Å². The number of hydrogen-bond donors (Lipinski definition) is 1. The molecule has 1 aliphatic rings. The molecule has 7 nitrogen and oxygen atoms in total. The molecule has 0 saturated carbocycles. The SMILES string of the molecule is COc1ccc(C(=O)N(Cc2cc3cc(C)cc(C)c3[nH]c2=O)C[C@H]2CCCO2)cc1OC. The van der Waals surface area contributed by atoms with Crippen LogP contribution in [0.5, 0.6) is 11.5 Å². The van der Waals surface area contributed by atoms with E-state index in [2.05, 4.69) is 4.98 Å². The third-order valence-corrected chi connectivity index (χ3v) is 6.10. The molecule has 1 saturated heterocycles. The Bertz CT molecular complexity index is 1230. The number of pyridine rings is 1. The van der Waals surface area contributed by atoms with Crippen molar-refractivity contribution in [2.45, 2.75) is 39.3 Å². The van der Waals surface area contributed by atoms with Crippen LogP contribution in [0.4, 0.5) is 0 Å². The van der Waals surface area contributed by atoms with E-state index >= 15 is 0 Å². The lowest BCUT2D eigenvalue weighted by atomic mass is 10.0. The molecule has 0 bridgehead atoms. The maximum absolute atomic E-state index is 13.5. The highest BCUT2D eigenvalue weighted by Gasteiger charge is 2.25. The maximum Gasteiger partial charge on any atom is 0.254 e. The Hall–Kier alpha value is -3.32. The number of rotatable bonds is 7. The number of hydrogen-bond acceptors (Lipinski definition) is 5. The molecule has 4 rings (SSSR count). The molecular formula is C26H30N2O5. The predicted octanol–water partition coefficient (Wildman–Crippen LogP) is 3.98. The van der Waals surface area contributed by atoms with Crippen LogP contribution in [-0.2, 0) is 11.3 Å². The number of H-pyrrole nitrogens is 1. The molecule has 174 valence electrons. The number of benzene rings is 2. The zero-order chi connectivity index (χ0) is 23.5. The lowest BCUT2D eigenvalue weighted by Gasteiger charge is -2.26. The van der Waals surface area contributed by atoms with Gasteiger partial charge >= 0.3 is 0 Å². The number of nitrogens with zero attached hydrogens (tertiary/aromatic N) is 1. The van der Waals surface area contributed by atoms with Crippen LogP contribution >= 0.6 is 0 Å². The van der Waals surface area contributed by atoms with Crippen molar-refractivity contribution in [2.75, 3.05) is 27.4 Å². The molecule has 0 unspecified atom stereocenters. The largest absolute Gasteiger partial charge is 0.493 e. The van der Waals surface area contributed by atoms with Crippen LogP contribution in [0.2, 0.25) is 0 Å². The summed E-state index contributed by atoms with van der Waals surface area (Å²) in [6.45, 7) is 5.30. The van der Waals surface area contributed by atoms with Crippen molar-refractivity contribution in [1.29, 1.82) is 0 Å². The van der Waals surface area contributed by atoms with E-state index in [1.807, 2.05) is 32.0 Å².